The van der Waals surface area contributed by atoms with E-state index in [0.29, 0.717) is 24.5 Å². The van der Waals surface area contributed by atoms with Gasteiger partial charge < -0.3 is 9.80 Å². The molecule has 2 amide bonds. The van der Waals surface area contributed by atoms with Gasteiger partial charge in [-0.1, -0.05) is 24.8 Å². The van der Waals surface area contributed by atoms with Crippen molar-refractivity contribution in [3.63, 3.8) is 0 Å². The highest BCUT2D eigenvalue weighted by Crippen LogP contribution is 2.31. The van der Waals surface area contributed by atoms with Crippen LogP contribution in [0, 0.1) is 6.92 Å². The van der Waals surface area contributed by atoms with Gasteiger partial charge in [0.05, 0.1) is 16.3 Å². The average molecular weight is 395 g/mol. The van der Waals surface area contributed by atoms with Crippen LogP contribution in [0.1, 0.15) is 22.3 Å². The molecule has 0 bridgehead atoms. The number of aromatic nitrogens is 2. The second-order valence-corrected chi connectivity index (χ2v) is 8.03. The first-order valence-corrected chi connectivity index (χ1v) is 10.1. The zero-order chi connectivity index (χ0) is 19.8. The number of carbonyl (C=O) groups is 2. The standard InChI is InChI=1S/C21H22N4O2S/c1-4-19(26)23-10-11-24(14(2)13-23)20(27)18-12-17-15(3)22-25(21(17)28-18)16-8-6-5-7-9-16/h4-9,12,14H,1,10-11,13H2,2-3H3/t14-/m0/s1. The minimum atomic E-state index is -0.0839. The summed E-state index contributed by atoms with van der Waals surface area (Å²) in [6, 6.07) is 11.8. The lowest BCUT2D eigenvalue weighted by molar-refractivity contribution is -0.128. The summed E-state index contributed by atoms with van der Waals surface area (Å²) in [7, 11) is 0. The summed E-state index contributed by atoms with van der Waals surface area (Å²) >= 11 is 1.47. The first-order valence-electron chi connectivity index (χ1n) is 9.26. The lowest BCUT2D eigenvalue weighted by atomic mass is 10.1. The van der Waals surface area contributed by atoms with Crippen molar-refractivity contribution in [2.75, 3.05) is 19.6 Å². The summed E-state index contributed by atoms with van der Waals surface area (Å²) in [6.45, 7) is 9.07. The number of aryl methyl sites for hydroxylation is 1. The normalized spacial score (nSPS) is 17.1. The van der Waals surface area contributed by atoms with E-state index in [2.05, 4.69) is 11.7 Å². The number of hydrogen-bond donors (Lipinski definition) is 0. The fourth-order valence-corrected chi connectivity index (χ4v) is 4.77. The number of para-hydroxylation sites is 1. The van der Waals surface area contributed by atoms with Crippen LogP contribution in [0.3, 0.4) is 0 Å². The van der Waals surface area contributed by atoms with Crippen molar-refractivity contribution in [1.82, 2.24) is 19.6 Å². The van der Waals surface area contributed by atoms with Crippen LogP contribution in [0.2, 0.25) is 0 Å². The molecule has 0 spiro atoms. The molecule has 1 atom stereocenters. The van der Waals surface area contributed by atoms with Gasteiger partial charge >= 0.3 is 0 Å². The van der Waals surface area contributed by atoms with Crippen molar-refractivity contribution in [3.8, 4) is 5.69 Å². The minimum Gasteiger partial charge on any atom is -0.335 e. The molecule has 4 rings (SSSR count). The van der Waals surface area contributed by atoms with Crippen LogP contribution in [0.5, 0.6) is 0 Å². The minimum absolute atomic E-state index is 0.0124. The Morgan fingerprint density at radius 3 is 2.68 bits per heavy atom. The van der Waals surface area contributed by atoms with Gasteiger partial charge in [0.15, 0.2) is 0 Å². The van der Waals surface area contributed by atoms with Crippen molar-refractivity contribution < 1.29 is 9.59 Å². The largest absolute Gasteiger partial charge is 0.335 e. The van der Waals surface area contributed by atoms with Crippen LogP contribution in [-0.2, 0) is 4.79 Å². The average Bonchev–Trinajstić information content (AvgIpc) is 3.28. The third-order valence-corrected chi connectivity index (χ3v) is 6.23. The zero-order valence-corrected chi connectivity index (χ0v) is 16.8. The van der Waals surface area contributed by atoms with Crippen molar-refractivity contribution in [1.29, 1.82) is 0 Å². The number of thiophene rings is 1. The molecule has 1 fully saturated rings. The summed E-state index contributed by atoms with van der Waals surface area (Å²) in [5.41, 5.74) is 1.88. The zero-order valence-electron chi connectivity index (χ0n) is 16.0. The monoisotopic (exact) mass is 394 g/mol. The Labute approximate surface area is 167 Å². The van der Waals surface area contributed by atoms with Crippen molar-refractivity contribution in [2.24, 2.45) is 0 Å². The number of nitrogens with zero attached hydrogens (tertiary/aromatic N) is 4. The van der Waals surface area contributed by atoms with Crippen LogP contribution in [0.4, 0.5) is 0 Å². The second-order valence-electron chi connectivity index (χ2n) is 7.00. The van der Waals surface area contributed by atoms with E-state index in [1.807, 2.05) is 59.8 Å². The molecule has 0 saturated carbocycles. The van der Waals surface area contributed by atoms with Gasteiger partial charge in [-0.25, -0.2) is 4.68 Å². The smallest absolute Gasteiger partial charge is 0.264 e. The van der Waals surface area contributed by atoms with Crippen LogP contribution in [0.15, 0.2) is 49.1 Å². The molecular weight excluding hydrogens is 372 g/mol. The van der Waals surface area contributed by atoms with Crippen molar-refractivity contribution in [3.05, 3.63) is 59.6 Å². The predicted molar refractivity (Wildman–Crippen MR) is 111 cm³/mol. The molecule has 3 heterocycles. The van der Waals surface area contributed by atoms with E-state index in [1.54, 1.807) is 4.90 Å². The third kappa shape index (κ3) is 3.11. The Balaban J connectivity index is 1.62. The van der Waals surface area contributed by atoms with E-state index < -0.39 is 0 Å². The number of amides is 2. The van der Waals surface area contributed by atoms with Gasteiger partial charge in [0, 0.05) is 31.1 Å². The maximum absolute atomic E-state index is 13.2. The van der Waals surface area contributed by atoms with Crippen LogP contribution in [-0.4, -0.2) is 57.1 Å². The molecule has 0 N–H and O–H groups in total. The number of rotatable bonds is 3. The molecule has 1 aromatic carbocycles. The number of piperazine rings is 1. The first kappa shape index (κ1) is 18.4. The molecule has 2 aromatic heterocycles. The maximum Gasteiger partial charge on any atom is 0.264 e. The van der Waals surface area contributed by atoms with Gasteiger partial charge in [-0.2, -0.15) is 5.10 Å². The summed E-state index contributed by atoms with van der Waals surface area (Å²) in [4.78, 5) is 30.3. The van der Waals surface area contributed by atoms with Crippen LogP contribution >= 0.6 is 11.3 Å². The van der Waals surface area contributed by atoms with Crippen molar-refractivity contribution in [2.45, 2.75) is 19.9 Å². The molecule has 0 aliphatic carbocycles. The summed E-state index contributed by atoms with van der Waals surface area (Å²) in [6.07, 6.45) is 1.33. The van der Waals surface area contributed by atoms with Gasteiger partial charge in [-0.3, -0.25) is 9.59 Å². The molecule has 3 aromatic rings. The Kier molecular flexibility index (Phi) is 4.77. The number of fused-ring (bicyclic) bond motifs is 1. The Hall–Kier alpha value is -2.93. The molecule has 0 radical (unpaired) electrons. The molecule has 28 heavy (non-hydrogen) atoms. The summed E-state index contributed by atoms with van der Waals surface area (Å²) < 4.78 is 1.90. The van der Waals surface area contributed by atoms with E-state index in [-0.39, 0.29) is 17.9 Å². The molecule has 144 valence electrons. The Morgan fingerprint density at radius 2 is 2.00 bits per heavy atom. The van der Waals surface area contributed by atoms with E-state index >= 15 is 0 Å². The molecule has 6 nitrogen and oxygen atoms in total. The molecule has 1 aliphatic heterocycles. The predicted octanol–water partition coefficient (Wildman–Crippen LogP) is 3.25. The van der Waals surface area contributed by atoms with E-state index in [1.165, 1.54) is 17.4 Å². The molecule has 7 heteroatoms. The highest BCUT2D eigenvalue weighted by atomic mass is 32.1. The molecule has 0 unspecified atom stereocenters. The second kappa shape index (κ2) is 7.24. The highest BCUT2D eigenvalue weighted by molar-refractivity contribution is 7.20. The maximum atomic E-state index is 13.2. The number of benzene rings is 1. The molecule has 1 saturated heterocycles. The fourth-order valence-electron chi connectivity index (χ4n) is 3.63. The van der Waals surface area contributed by atoms with Gasteiger partial charge in [0.25, 0.3) is 5.91 Å². The summed E-state index contributed by atoms with van der Waals surface area (Å²) in [5, 5.41) is 5.64. The van der Waals surface area contributed by atoms with Crippen molar-refractivity contribution >= 4 is 33.4 Å². The van der Waals surface area contributed by atoms with Gasteiger partial charge in [-0.15, -0.1) is 11.3 Å². The first-order chi connectivity index (χ1) is 13.5. The van der Waals surface area contributed by atoms with E-state index in [9.17, 15) is 9.59 Å². The number of carbonyl (C=O) groups excluding carboxylic acids is 2. The molecular formula is C21H22N4O2S. The van der Waals surface area contributed by atoms with Gasteiger partial charge in [0.1, 0.15) is 4.83 Å². The highest BCUT2D eigenvalue weighted by Gasteiger charge is 2.30. The lowest BCUT2D eigenvalue weighted by Crippen LogP contribution is -2.55. The Bertz CT molecular complexity index is 1050. The van der Waals surface area contributed by atoms with Gasteiger partial charge in [0.2, 0.25) is 5.91 Å². The summed E-state index contributed by atoms with van der Waals surface area (Å²) in [5.74, 6) is -0.0715. The van der Waals surface area contributed by atoms with Crippen LogP contribution in [0.25, 0.3) is 15.9 Å². The van der Waals surface area contributed by atoms with E-state index in [4.69, 9.17) is 0 Å². The van der Waals surface area contributed by atoms with E-state index in [0.717, 1.165) is 21.6 Å². The van der Waals surface area contributed by atoms with Crippen LogP contribution < -0.4 is 0 Å². The molecule has 1 aliphatic rings. The fraction of sp³-hybridized carbons (Fsp3) is 0.286. The topological polar surface area (TPSA) is 58.4 Å². The lowest BCUT2D eigenvalue weighted by Gasteiger charge is -2.39. The SMILES string of the molecule is C=CC(=O)N1CCN(C(=O)c2cc3c(C)nn(-c4ccccc4)c3s2)[C@@H](C)C1. The third-order valence-electron chi connectivity index (χ3n) is 5.13. The number of hydrogen-bond acceptors (Lipinski definition) is 4. The Morgan fingerprint density at radius 1 is 1.25 bits per heavy atom. The quantitative estimate of drug-likeness (QED) is 0.641. The van der Waals surface area contributed by atoms with Gasteiger partial charge in [-0.05, 0) is 38.1 Å².